The SMILES string of the molecule is [c]1cccc(N2CCNCC2)c1. The summed E-state index contributed by atoms with van der Waals surface area (Å²) in [5.41, 5.74) is 1.29. The van der Waals surface area contributed by atoms with Crippen LogP contribution >= 0.6 is 0 Å². The molecule has 2 rings (SSSR count). The number of rotatable bonds is 1. The topological polar surface area (TPSA) is 15.3 Å². The number of hydrogen-bond donors (Lipinski definition) is 1. The average molecular weight is 161 g/mol. The molecule has 12 heavy (non-hydrogen) atoms. The Kier molecular flexibility index (Phi) is 2.28. The summed E-state index contributed by atoms with van der Waals surface area (Å²) < 4.78 is 0. The minimum absolute atomic E-state index is 1.09. The summed E-state index contributed by atoms with van der Waals surface area (Å²) in [7, 11) is 0. The van der Waals surface area contributed by atoms with Crippen LogP contribution in [0.25, 0.3) is 0 Å². The highest BCUT2D eigenvalue weighted by atomic mass is 15.2. The molecular formula is C10H13N2. The van der Waals surface area contributed by atoms with Crippen LogP contribution in [0.2, 0.25) is 0 Å². The Morgan fingerprint density at radius 3 is 2.83 bits per heavy atom. The molecule has 1 aromatic rings. The number of benzene rings is 1. The van der Waals surface area contributed by atoms with Crippen LogP contribution in [-0.4, -0.2) is 26.2 Å². The fraction of sp³-hybridized carbons (Fsp3) is 0.400. The molecule has 0 spiro atoms. The number of hydrogen-bond acceptors (Lipinski definition) is 2. The van der Waals surface area contributed by atoms with Crippen LogP contribution in [0.3, 0.4) is 0 Å². The third-order valence-electron chi connectivity index (χ3n) is 2.17. The number of nitrogens with zero attached hydrogens (tertiary/aromatic N) is 1. The molecule has 1 saturated heterocycles. The van der Waals surface area contributed by atoms with Crippen LogP contribution in [0.5, 0.6) is 0 Å². The van der Waals surface area contributed by atoms with Gasteiger partial charge in [-0.3, -0.25) is 0 Å². The van der Waals surface area contributed by atoms with E-state index in [1.165, 1.54) is 5.69 Å². The van der Waals surface area contributed by atoms with Crippen molar-refractivity contribution in [3.63, 3.8) is 0 Å². The van der Waals surface area contributed by atoms with E-state index in [-0.39, 0.29) is 0 Å². The minimum atomic E-state index is 1.09. The molecule has 1 aliphatic heterocycles. The number of anilines is 1. The summed E-state index contributed by atoms with van der Waals surface area (Å²) in [5.74, 6) is 0. The molecule has 0 aliphatic carbocycles. The van der Waals surface area contributed by atoms with Gasteiger partial charge in [0, 0.05) is 31.9 Å². The first kappa shape index (κ1) is 7.62. The van der Waals surface area contributed by atoms with E-state index in [1.54, 1.807) is 0 Å². The molecule has 0 unspecified atom stereocenters. The summed E-state index contributed by atoms with van der Waals surface area (Å²) >= 11 is 0. The first-order chi connectivity index (χ1) is 5.97. The Morgan fingerprint density at radius 2 is 2.17 bits per heavy atom. The molecule has 0 amide bonds. The van der Waals surface area contributed by atoms with Crippen molar-refractivity contribution >= 4 is 5.69 Å². The lowest BCUT2D eigenvalue weighted by Gasteiger charge is -2.29. The van der Waals surface area contributed by atoms with Gasteiger partial charge < -0.3 is 10.2 Å². The van der Waals surface area contributed by atoms with Gasteiger partial charge in [-0.2, -0.15) is 0 Å². The Hall–Kier alpha value is -1.02. The maximum Gasteiger partial charge on any atom is 0.0373 e. The third-order valence-corrected chi connectivity index (χ3v) is 2.17. The van der Waals surface area contributed by atoms with E-state index >= 15 is 0 Å². The molecule has 0 saturated carbocycles. The van der Waals surface area contributed by atoms with E-state index in [0.717, 1.165) is 26.2 Å². The summed E-state index contributed by atoms with van der Waals surface area (Å²) in [4.78, 5) is 2.38. The highest BCUT2D eigenvalue weighted by Gasteiger charge is 2.08. The van der Waals surface area contributed by atoms with Gasteiger partial charge in [-0.1, -0.05) is 12.1 Å². The van der Waals surface area contributed by atoms with Gasteiger partial charge in [-0.05, 0) is 18.2 Å². The van der Waals surface area contributed by atoms with Crippen molar-refractivity contribution in [2.45, 2.75) is 0 Å². The average Bonchev–Trinajstić information content (AvgIpc) is 2.21. The highest BCUT2D eigenvalue weighted by Crippen LogP contribution is 2.12. The summed E-state index contributed by atoms with van der Waals surface area (Å²) in [6.45, 7) is 4.40. The zero-order chi connectivity index (χ0) is 8.23. The monoisotopic (exact) mass is 161 g/mol. The van der Waals surface area contributed by atoms with Gasteiger partial charge in [0.2, 0.25) is 0 Å². The smallest absolute Gasteiger partial charge is 0.0373 e. The first-order valence-electron chi connectivity index (χ1n) is 4.38. The minimum Gasteiger partial charge on any atom is -0.369 e. The zero-order valence-electron chi connectivity index (χ0n) is 7.09. The van der Waals surface area contributed by atoms with E-state index in [1.807, 2.05) is 18.2 Å². The van der Waals surface area contributed by atoms with E-state index in [2.05, 4.69) is 22.3 Å². The van der Waals surface area contributed by atoms with Gasteiger partial charge in [0.1, 0.15) is 0 Å². The van der Waals surface area contributed by atoms with Gasteiger partial charge in [0.25, 0.3) is 0 Å². The van der Waals surface area contributed by atoms with Gasteiger partial charge in [-0.15, -0.1) is 0 Å². The highest BCUT2D eigenvalue weighted by molar-refractivity contribution is 5.45. The second-order valence-electron chi connectivity index (χ2n) is 3.00. The van der Waals surface area contributed by atoms with Gasteiger partial charge in [0.05, 0.1) is 0 Å². The molecule has 1 heterocycles. The predicted octanol–water partition coefficient (Wildman–Crippen LogP) is 0.896. The Morgan fingerprint density at radius 1 is 1.33 bits per heavy atom. The van der Waals surface area contributed by atoms with E-state index in [0.29, 0.717) is 0 Å². The summed E-state index contributed by atoms with van der Waals surface area (Å²) in [6.07, 6.45) is 0. The van der Waals surface area contributed by atoms with E-state index in [4.69, 9.17) is 0 Å². The van der Waals surface area contributed by atoms with Crippen molar-refractivity contribution < 1.29 is 0 Å². The lowest BCUT2D eigenvalue weighted by molar-refractivity contribution is 0.589. The second-order valence-corrected chi connectivity index (χ2v) is 3.00. The maximum atomic E-state index is 3.33. The second kappa shape index (κ2) is 3.59. The van der Waals surface area contributed by atoms with Gasteiger partial charge in [0.15, 0.2) is 0 Å². The molecule has 1 fully saturated rings. The van der Waals surface area contributed by atoms with Crippen molar-refractivity contribution in [3.05, 3.63) is 30.3 Å². The van der Waals surface area contributed by atoms with Crippen molar-refractivity contribution in [1.82, 2.24) is 5.32 Å². The molecule has 63 valence electrons. The van der Waals surface area contributed by atoms with Crippen molar-refractivity contribution in [2.75, 3.05) is 31.1 Å². The fourth-order valence-corrected chi connectivity index (χ4v) is 1.50. The molecule has 1 N–H and O–H groups in total. The van der Waals surface area contributed by atoms with Crippen LogP contribution in [0.15, 0.2) is 24.3 Å². The quantitative estimate of drug-likeness (QED) is 0.658. The predicted molar refractivity (Wildman–Crippen MR) is 50.4 cm³/mol. The van der Waals surface area contributed by atoms with Crippen molar-refractivity contribution in [3.8, 4) is 0 Å². The number of piperazine rings is 1. The summed E-state index contributed by atoms with van der Waals surface area (Å²) in [6, 6.07) is 11.3. The standard InChI is InChI=1S/C10H13N2/c1-2-4-10(5-3-1)12-8-6-11-7-9-12/h1-2,4-5,11H,6-9H2. The largest absolute Gasteiger partial charge is 0.369 e. The lowest BCUT2D eigenvalue weighted by atomic mass is 10.2. The molecule has 2 heteroatoms. The van der Waals surface area contributed by atoms with Gasteiger partial charge >= 0.3 is 0 Å². The normalized spacial score (nSPS) is 17.8. The Labute approximate surface area is 73.2 Å². The molecule has 0 atom stereocenters. The fourth-order valence-electron chi connectivity index (χ4n) is 1.50. The van der Waals surface area contributed by atoms with Crippen molar-refractivity contribution in [1.29, 1.82) is 0 Å². The first-order valence-corrected chi connectivity index (χ1v) is 4.38. The molecule has 0 bridgehead atoms. The lowest BCUT2D eigenvalue weighted by Crippen LogP contribution is -2.43. The van der Waals surface area contributed by atoms with E-state index < -0.39 is 0 Å². The van der Waals surface area contributed by atoms with Crippen LogP contribution in [0.1, 0.15) is 0 Å². The van der Waals surface area contributed by atoms with Gasteiger partial charge in [-0.25, -0.2) is 0 Å². The molecule has 2 nitrogen and oxygen atoms in total. The Balaban J connectivity index is 2.08. The maximum absolute atomic E-state index is 3.33. The molecule has 1 aromatic carbocycles. The van der Waals surface area contributed by atoms with Crippen LogP contribution in [0, 0.1) is 6.07 Å². The third kappa shape index (κ3) is 1.59. The van der Waals surface area contributed by atoms with E-state index in [9.17, 15) is 0 Å². The zero-order valence-corrected chi connectivity index (χ0v) is 7.09. The molecular weight excluding hydrogens is 148 g/mol. The van der Waals surface area contributed by atoms with Crippen LogP contribution in [0.4, 0.5) is 5.69 Å². The molecule has 0 aromatic heterocycles. The van der Waals surface area contributed by atoms with Crippen LogP contribution < -0.4 is 10.2 Å². The molecule has 1 aliphatic rings. The number of nitrogens with one attached hydrogen (secondary N) is 1. The van der Waals surface area contributed by atoms with Crippen LogP contribution in [-0.2, 0) is 0 Å². The van der Waals surface area contributed by atoms with Crippen molar-refractivity contribution in [2.24, 2.45) is 0 Å². The summed E-state index contributed by atoms with van der Waals surface area (Å²) in [5, 5.41) is 3.33. The Bertz CT molecular complexity index is 227. The molecule has 1 radical (unpaired) electrons.